The van der Waals surface area contributed by atoms with E-state index in [1.54, 1.807) is 12.1 Å². The summed E-state index contributed by atoms with van der Waals surface area (Å²) >= 11 is 5.97. The molecule has 0 saturated heterocycles. The molecule has 0 bridgehead atoms. The number of hydrogen-bond acceptors (Lipinski definition) is 2. The molecule has 1 unspecified atom stereocenters. The van der Waals surface area contributed by atoms with Crippen LogP contribution in [0.3, 0.4) is 0 Å². The maximum Gasteiger partial charge on any atom is 0.416 e. The summed E-state index contributed by atoms with van der Waals surface area (Å²) in [4.78, 5) is 12.6. The summed E-state index contributed by atoms with van der Waals surface area (Å²) in [6.45, 7) is 5.62. The Morgan fingerprint density at radius 3 is 2.19 bits per heavy atom. The van der Waals surface area contributed by atoms with Crippen LogP contribution in [0.25, 0.3) is 0 Å². The summed E-state index contributed by atoms with van der Waals surface area (Å²) in [5.41, 5.74) is 1.15. The van der Waals surface area contributed by atoms with Gasteiger partial charge in [-0.3, -0.25) is 4.79 Å². The standard InChI is InChI=1S/C19H20ClF3N2O/c1-11(2)17(18(26)24-14-7-4-12(3)5-8-14)25-16-9-6-13(10-15(16)20)19(21,22)23/h4-11,17,25H,1-3H3,(H,24,26). The van der Waals surface area contributed by atoms with Crippen molar-refractivity contribution in [1.29, 1.82) is 0 Å². The van der Waals surface area contributed by atoms with Crippen molar-refractivity contribution < 1.29 is 18.0 Å². The monoisotopic (exact) mass is 384 g/mol. The van der Waals surface area contributed by atoms with Crippen LogP contribution in [0.4, 0.5) is 24.5 Å². The van der Waals surface area contributed by atoms with Crippen molar-refractivity contribution in [1.82, 2.24) is 0 Å². The van der Waals surface area contributed by atoms with Crippen LogP contribution in [0.5, 0.6) is 0 Å². The van der Waals surface area contributed by atoms with Crippen LogP contribution in [-0.2, 0) is 11.0 Å². The molecular weight excluding hydrogens is 365 g/mol. The predicted molar refractivity (Wildman–Crippen MR) is 98.5 cm³/mol. The molecule has 0 saturated carbocycles. The molecule has 1 amide bonds. The van der Waals surface area contributed by atoms with E-state index >= 15 is 0 Å². The van der Waals surface area contributed by atoms with E-state index in [1.807, 2.05) is 32.9 Å². The zero-order valence-corrected chi connectivity index (χ0v) is 15.4. The number of amides is 1. The van der Waals surface area contributed by atoms with Gasteiger partial charge in [0.2, 0.25) is 5.91 Å². The molecule has 0 heterocycles. The van der Waals surface area contributed by atoms with Gasteiger partial charge in [0.1, 0.15) is 6.04 Å². The lowest BCUT2D eigenvalue weighted by Gasteiger charge is -2.23. The van der Waals surface area contributed by atoms with Gasteiger partial charge < -0.3 is 10.6 Å². The van der Waals surface area contributed by atoms with Crippen LogP contribution in [0.2, 0.25) is 5.02 Å². The fraction of sp³-hybridized carbons (Fsp3) is 0.316. The molecule has 26 heavy (non-hydrogen) atoms. The van der Waals surface area contributed by atoms with Gasteiger partial charge in [0.25, 0.3) is 0 Å². The summed E-state index contributed by atoms with van der Waals surface area (Å²) in [6, 6.07) is 9.68. The van der Waals surface area contributed by atoms with Gasteiger partial charge in [0.15, 0.2) is 0 Å². The lowest BCUT2D eigenvalue weighted by molar-refractivity contribution is -0.137. The third-order valence-corrected chi connectivity index (χ3v) is 4.19. The third kappa shape index (κ3) is 5.14. The Morgan fingerprint density at radius 2 is 1.69 bits per heavy atom. The van der Waals surface area contributed by atoms with E-state index in [0.717, 1.165) is 17.7 Å². The molecule has 0 fully saturated rings. The smallest absolute Gasteiger partial charge is 0.372 e. The van der Waals surface area contributed by atoms with Gasteiger partial charge in [-0.2, -0.15) is 13.2 Å². The first kappa shape index (κ1) is 20.1. The first-order chi connectivity index (χ1) is 12.1. The Balaban J connectivity index is 2.17. The highest BCUT2D eigenvalue weighted by Crippen LogP contribution is 2.34. The first-order valence-electron chi connectivity index (χ1n) is 8.08. The van der Waals surface area contributed by atoms with E-state index < -0.39 is 17.8 Å². The van der Waals surface area contributed by atoms with Gasteiger partial charge in [-0.15, -0.1) is 0 Å². The highest BCUT2D eigenvalue weighted by molar-refractivity contribution is 6.33. The van der Waals surface area contributed by atoms with Gasteiger partial charge in [0, 0.05) is 5.69 Å². The molecule has 0 radical (unpaired) electrons. The maximum absolute atomic E-state index is 12.7. The number of benzene rings is 2. The number of carbonyl (C=O) groups is 1. The molecule has 0 aliphatic carbocycles. The summed E-state index contributed by atoms with van der Waals surface area (Å²) in [5.74, 6) is -0.404. The second kappa shape index (κ2) is 7.99. The summed E-state index contributed by atoms with van der Waals surface area (Å²) < 4.78 is 38.2. The SMILES string of the molecule is Cc1ccc(NC(=O)C(Nc2ccc(C(F)(F)F)cc2Cl)C(C)C)cc1. The van der Waals surface area contributed by atoms with Gasteiger partial charge in [-0.05, 0) is 43.2 Å². The summed E-state index contributed by atoms with van der Waals surface area (Å²) in [5, 5.41) is 5.66. The molecule has 2 rings (SSSR count). The Hall–Kier alpha value is -2.21. The van der Waals surface area contributed by atoms with E-state index in [4.69, 9.17) is 11.6 Å². The Bertz CT molecular complexity index is 773. The molecule has 0 aromatic heterocycles. The Labute approximate surface area is 155 Å². The predicted octanol–water partition coefficient (Wildman–Crippen LogP) is 5.74. The number of carbonyl (C=O) groups excluding carboxylic acids is 1. The maximum atomic E-state index is 12.7. The van der Waals surface area contributed by atoms with Crippen molar-refractivity contribution in [2.75, 3.05) is 10.6 Å². The van der Waals surface area contributed by atoms with Gasteiger partial charge >= 0.3 is 6.18 Å². The number of anilines is 2. The molecule has 3 nitrogen and oxygen atoms in total. The number of alkyl halides is 3. The molecule has 0 aliphatic rings. The van der Waals surface area contributed by atoms with E-state index in [-0.39, 0.29) is 22.5 Å². The average molecular weight is 385 g/mol. The summed E-state index contributed by atoms with van der Waals surface area (Å²) in [7, 11) is 0. The zero-order chi connectivity index (χ0) is 19.5. The topological polar surface area (TPSA) is 41.1 Å². The van der Waals surface area contributed by atoms with Crippen LogP contribution >= 0.6 is 11.6 Å². The van der Waals surface area contributed by atoms with Crippen molar-refractivity contribution in [2.45, 2.75) is 33.0 Å². The number of nitrogens with one attached hydrogen (secondary N) is 2. The van der Waals surface area contributed by atoms with Gasteiger partial charge in [-0.1, -0.05) is 43.1 Å². The van der Waals surface area contributed by atoms with Crippen LogP contribution in [-0.4, -0.2) is 11.9 Å². The molecule has 7 heteroatoms. The van der Waals surface area contributed by atoms with Gasteiger partial charge in [-0.25, -0.2) is 0 Å². The highest BCUT2D eigenvalue weighted by atomic mass is 35.5. The molecule has 0 aliphatic heterocycles. The van der Waals surface area contributed by atoms with Crippen LogP contribution in [0.15, 0.2) is 42.5 Å². The van der Waals surface area contributed by atoms with E-state index in [2.05, 4.69) is 10.6 Å². The minimum absolute atomic E-state index is 0.0892. The van der Waals surface area contributed by atoms with Gasteiger partial charge in [0.05, 0.1) is 16.3 Å². The number of rotatable bonds is 5. The van der Waals surface area contributed by atoms with Crippen molar-refractivity contribution >= 4 is 28.9 Å². The number of halogens is 4. The molecule has 2 aromatic carbocycles. The summed E-state index contributed by atoms with van der Waals surface area (Å²) in [6.07, 6.45) is -4.47. The minimum Gasteiger partial charge on any atom is -0.372 e. The number of aryl methyl sites for hydroxylation is 1. The number of hydrogen-bond donors (Lipinski definition) is 2. The van der Waals surface area contributed by atoms with Crippen molar-refractivity contribution in [3.05, 3.63) is 58.6 Å². The molecule has 2 N–H and O–H groups in total. The second-order valence-corrected chi connectivity index (χ2v) is 6.82. The first-order valence-corrected chi connectivity index (χ1v) is 8.46. The Kier molecular flexibility index (Phi) is 6.18. The normalized spacial score (nSPS) is 12.8. The molecular formula is C19H20ClF3N2O. The molecule has 140 valence electrons. The lowest BCUT2D eigenvalue weighted by Crippen LogP contribution is -2.39. The fourth-order valence-electron chi connectivity index (χ4n) is 2.37. The minimum atomic E-state index is -4.47. The van der Waals surface area contributed by atoms with E-state index in [9.17, 15) is 18.0 Å². The largest absolute Gasteiger partial charge is 0.416 e. The van der Waals surface area contributed by atoms with Crippen LogP contribution in [0.1, 0.15) is 25.0 Å². The van der Waals surface area contributed by atoms with Crippen LogP contribution < -0.4 is 10.6 Å². The Morgan fingerprint density at radius 1 is 1.08 bits per heavy atom. The highest BCUT2D eigenvalue weighted by Gasteiger charge is 2.31. The molecule has 1 atom stereocenters. The fourth-order valence-corrected chi connectivity index (χ4v) is 2.60. The molecule has 0 spiro atoms. The van der Waals surface area contributed by atoms with E-state index in [1.165, 1.54) is 6.07 Å². The van der Waals surface area contributed by atoms with E-state index in [0.29, 0.717) is 5.69 Å². The van der Waals surface area contributed by atoms with Crippen molar-refractivity contribution in [3.8, 4) is 0 Å². The zero-order valence-electron chi connectivity index (χ0n) is 14.6. The van der Waals surface area contributed by atoms with Crippen molar-refractivity contribution in [2.24, 2.45) is 5.92 Å². The lowest BCUT2D eigenvalue weighted by atomic mass is 10.0. The third-order valence-electron chi connectivity index (χ3n) is 3.88. The second-order valence-electron chi connectivity index (χ2n) is 6.41. The van der Waals surface area contributed by atoms with Crippen molar-refractivity contribution in [3.63, 3.8) is 0 Å². The molecule has 2 aromatic rings. The van der Waals surface area contributed by atoms with Crippen LogP contribution in [0, 0.1) is 12.8 Å². The average Bonchev–Trinajstić information content (AvgIpc) is 2.54. The quantitative estimate of drug-likeness (QED) is 0.689.